The first kappa shape index (κ1) is 15.5. The van der Waals surface area contributed by atoms with E-state index in [4.69, 9.17) is 0 Å². The standard InChI is InChI=1S/C19H26N4O/c1-12-15-9-13(19(15,2)3)10-16(12)21-17(24)14-11-20-22(4)18(14)23-7-5-6-8-23/h5-8,11-13,15-16H,9-10H2,1-4H3,(H,21,24)/t12-,13+,15-,16?/m1/s1. The van der Waals surface area contributed by atoms with Crippen LogP contribution in [0, 0.1) is 23.2 Å². The number of carbonyl (C=O) groups excluding carboxylic acids is 1. The molecule has 0 spiro atoms. The molecule has 1 unspecified atom stereocenters. The number of nitrogens with zero attached hydrogens (tertiary/aromatic N) is 3. The van der Waals surface area contributed by atoms with Gasteiger partial charge in [-0.1, -0.05) is 20.8 Å². The van der Waals surface area contributed by atoms with Crippen LogP contribution in [0.3, 0.4) is 0 Å². The minimum absolute atomic E-state index is 0.0113. The molecule has 2 heterocycles. The van der Waals surface area contributed by atoms with E-state index in [0.29, 0.717) is 16.9 Å². The Hall–Kier alpha value is -2.04. The molecule has 0 aromatic carbocycles. The fraction of sp³-hybridized carbons (Fsp3) is 0.579. The van der Waals surface area contributed by atoms with E-state index in [1.807, 2.05) is 36.1 Å². The van der Waals surface area contributed by atoms with Gasteiger partial charge in [0.15, 0.2) is 0 Å². The van der Waals surface area contributed by atoms with Gasteiger partial charge >= 0.3 is 0 Å². The van der Waals surface area contributed by atoms with Crippen molar-refractivity contribution in [3.8, 4) is 5.82 Å². The Labute approximate surface area is 143 Å². The van der Waals surface area contributed by atoms with Crippen molar-refractivity contribution in [1.29, 1.82) is 0 Å². The highest BCUT2D eigenvalue weighted by atomic mass is 16.1. The van der Waals surface area contributed by atoms with E-state index in [2.05, 4.69) is 31.2 Å². The van der Waals surface area contributed by atoms with Crippen molar-refractivity contribution in [3.05, 3.63) is 36.3 Å². The SMILES string of the molecule is C[C@H]1C(NC(=O)c2cnn(C)c2-n2cccc2)C[C@@H]2C[C@H]1C2(C)C. The zero-order valence-electron chi connectivity index (χ0n) is 14.9. The maximum Gasteiger partial charge on any atom is 0.256 e. The van der Waals surface area contributed by atoms with E-state index >= 15 is 0 Å². The van der Waals surface area contributed by atoms with Gasteiger partial charge in [0, 0.05) is 25.5 Å². The smallest absolute Gasteiger partial charge is 0.256 e. The van der Waals surface area contributed by atoms with Crippen LogP contribution in [0.2, 0.25) is 0 Å². The van der Waals surface area contributed by atoms with Crippen LogP contribution in [-0.4, -0.2) is 26.3 Å². The average molecular weight is 326 g/mol. The van der Waals surface area contributed by atoms with Crippen LogP contribution in [0.4, 0.5) is 0 Å². The predicted octanol–water partition coefficient (Wildman–Crippen LogP) is 3.01. The van der Waals surface area contributed by atoms with Crippen molar-refractivity contribution < 1.29 is 4.79 Å². The van der Waals surface area contributed by atoms with Gasteiger partial charge in [-0.2, -0.15) is 5.10 Å². The maximum atomic E-state index is 12.9. The third-order valence-electron chi connectivity index (χ3n) is 6.67. The lowest BCUT2D eigenvalue weighted by Gasteiger charge is -2.62. The molecule has 5 rings (SSSR count). The molecule has 0 saturated heterocycles. The molecular weight excluding hydrogens is 300 g/mol. The third kappa shape index (κ3) is 2.14. The monoisotopic (exact) mass is 326 g/mol. The molecule has 2 aromatic heterocycles. The van der Waals surface area contributed by atoms with Crippen molar-refractivity contribution in [2.75, 3.05) is 0 Å². The number of aromatic nitrogens is 3. The molecule has 4 atom stereocenters. The van der Waals surface area contributed by atoms with Crippen molar-refractivity contribution in [3.63, 3.8) is 0 Å². The summed E-state index contributed by atoms with van der Waals surface area (Å²) in [6, 6.07) is 4.17. The molecule has 2 aromatic rings. The van der Waals surface area contributed by atoms with Gasteiger partial charge in [0.25, 0.3) is 5.91 Å². The molecule has 1 N–H and O–H groups in total. The van der Waals surface area contributed by atoms with Gasteiger partial charge < -0.3 is 9.88 Å². The van der Waals surface area contributed by atoms with E-state index in [-0.39, 0.29) is 11.9 Å². The van der Waals surface area contributed by atoms with Gasteiger partial charge in [-0.3, -0.25) is 9.48 Å². The summed E-state index contributed by atoms with van der Waals surface area (Å²) < 4.78 is 3.69. The largest absolute Gasteiger partial charge is 0.349 e. The Morgan fingerprint density at radius 2 is 2.00 bits per heavy atom. The fourth-order valence-corrected chi connectivity index (χ4v) is 4.96. The fourth-order valence-electron chi connectivity index (χ4n) is 4.96. The Morgan fingerprint density at radius 3 is 2.62 bits per heavy atom. The van der Waals surface area contributed by atoms with Crippen molar-refractivity contribution in [1.82, 2.24) is 19.7 Å². The summed E-state index contributed by atoms with van der Waals surface area (Å²) in [5, 5.41) is 7.58. The van der Waals surface area contributed by atoms with Gasteiger partial charge in [-0.25, -0.2) is 0 Å². The molecular formula is C19H26N4O. The molecule has 0 aliphatic heterocycles. The average Bonchev–Trinajstić information content (AvgIpc) is 3.17. The minimum atomic E-state index is -0.0113. The molecule has 128 valence electrons. The Balaban J connectivity index is 1.54. The molecule has 2 bridgehead atoms. The molecule has 0 radical (unpaired) electrons. The van der Waals surface area contributed by atoms with Crippen molar-refractivity contribution in [2.24, 2.45) is 30.2 Å². The molecule has 1 amide bonds. The number of hydrogen-bond acceptors (Lipinski definition) is 2. The number of nitrogens with one attached hydrogen (secondary N) is 1. The van der Waals surface area contributed by atoms with Gasteiger partial charge in [0.1, 0.15) is 11.4 Å². The minimum Gasteiger partial charge on any atom is -0.349 e. The lowest BCUT2D eigenvalue weighted by atomic mass is 9.45. The first-order chi connectivity index (χ1) is 11.4. The number of hydrogen-bond donors (Lipinski definition) is 1. The van der Waals surface area contributed by atoms with Crippen LogP contribution in [-0.2, 0) is 7.05 Å². The second-order valence-corrected chi connectivity index (χ2v) is 8.13. The van der Waals surface area contributed by atoms with Crippen LogP contribution in [0.5, 0.6) is 0 Å². The highest BCUT2D eigenvalue weighted by Crippen LogP contribution is 2.61. The van der Waals surface area contributed by atoms with Crippen LogP contribution >= 0.6 is 0 Å². The number of rotatable bonds is 3. The highest BCUT2D eigenvalue weighted by Gasteiger charge is 2.56. The van der Waals surface area contributed by atoms with Gasteiger partial charge in [0.05, 0.1) is 6.20 Å². The van der Waals surface area contributed by atoms with E-state index in [9.17, 15) is 4.79 Å². The summed E-state index contributed by atoms with van der Waals surface area (Å²) in [5.41, 5.74) is 1.07. The van der Waals surface area contributed by atoms with E-state index < -0.39 is 0 Å². The molecule has 24 heavy (non-hydrogen) atoms. The quantitative estimate of drug-likeness (QED) is 0.942. The number of carbonyl (C=O) groups is 1. The van der Waals surface area contributed by atoms with Crippen molar-refractivity contribution >= 4 is 5.91 Å². The normalized spacial score (nSPS) is 30.7. The second-order valence-electron chi connectivity index (χ2n) is 8.13. The van der Waals surface area contributed by atoms with Gasteiger partial charge in [-0.05, 0) is 48.1 Å². The molecule has 5 nitrogen and oxygen atoms in total. The summed E-state index contributed by atoms with van der Waals surface area (Å²) in [4.78, 5) is 12.9. The predicted molar refractivity (Wildman–Crippen MR) is 92.9 cm³/mol. The van der Waals surface area contributed by atoms with E-state index in [1.165, 1.54) is 6.42 Å². The first-order valence-electron chi connectivity index (χ1n) is 8.85. The van der Waals surface area contributed by atoms with E-state index in [0.717, 1.165) is 24.1 Å². The number of aryl methyl sites for hydroxylation is 1. The molecule has 5 heteroatoms. The highest BCUT2D eigenvalue weighted by molar-refractivity contribution is 5.97. The van der Waals surface area contributed by atoms with Gasteiger partial charge in [0.2, 0.25) is 0 Å². The molecule has 3 aliphatic carbocycles. The summed E-state index contributed by atoms with van der Waals surface area (Å²) in [6.45, 7) is 7.06. The van der Waals surface area contributed by atoms with Crippen LogP contribution in [0.15, 0.2) is 30.7 Å². The first-order valence-corrected chi connectivity index (χ1v) is 8.85. The lowest BCUT2D eigenvalue weighted by molar-refractivity contribution is -0.113. The van der Waals surface area contributed by atoms with Crippen LogP contribution in [0.1, 0.15) is 44.0 Å². The summed E-state index contributed by atoms with van der Waals surface area (Å²) >= 11 is 0. The van der Waals surface area contributed by atoms with Crippen LogP contribution < -0.4 is 5.32 Å². The third-order valence-corrected chi connectivity index (χ3v) is 6.67. The molecule has 3 fully saturated rings. The number of amides is 1. The Bertz CT molecular complexity index is 758. The Morgan fingerprint density at radius 1 is 1.29 bits per heavy atom. The van der Waals surface area contributed by atoms with Crippen molar-refractivity contribution in [2.45, 2.75) is 39.7 Å². The Kier molecular flexibility index (Phi) is 3.37. The molecule has 3 saturated carbocycles. The van der Waals surface area contributed by atoms with E-state index in [1.54, 1.807) is 10.9 Å². The van der Waals surface area contributed by atoms with Crippen LogP contribution in [0.25, 0.3) is 5.82 Å². The number of fused-ring (bicyclic) bond motifs is 2. The lowest BCUT2D eigenvalue weighted by Crippen LogP contribution is -2.60. The zero-order valence-corrected chi connectivity index (χ0v) is 14.9. The second kappa shape index (κ2) is 5.23. The van der Waals surface area contributed by atoms with Gasteiger partial charge in [-0.15, -0.1) is 0 Å². The topological polar surface area (TPSA) is 51.9 Å². The summed E-state index contributed by atoms with van der Waals surface area (Å²) in [7, 11) is 1.87. The zero-order chi connectivity index (χ0) is 17.1. The maximum absolute atomic E-state index is 12.9. The molecule has 3 aliphatic rings. The summed E-state index contributed by atoms with van der Waals surface area (Å²) in [5.74, 6) is 2.79. The summed E-state index contributed by atoms with van der Waals surface area (Å²) in [6.07, 6.45) is 7.96.